The van der Waals surface area contributed by atoms with Crippen molar-refractivity contribution < 1.29 is 108 Å². The van der Waals surface area contributed by atoms with E-state index < -0.39 is 69.5 Å². The predicted octanol–water partition coefficient (Wildman–Crippen LogP) is 11.9. The van der Waals surface area contributed by atoms with Crippen LogP contribution in [0, 0.1) is 6.92 Å². The quantitative estimate of drug-likeness (QED) is 0.0806. The SMILES string of the molecule is COc1ccc(-c2oc3ccc(OC)cc3c2C2=C(c3c(-c4ccc(OC)cc4)oc4ccc(OC)cc34)C(F)(F)C(F)(F)C2(F)F)cc1.FC1=C(F)C(F)(F)C(F)(F)C1(F)F.S=S=S=S=S=S=S=S=S=S=S=S=S=S=S=S=S=S=S=S=S=S=S=S=S=S=S=S=S=S=S=S=S=S=S=S=S=S=S=S=S=S=S=S=S=S=S=S=S=S=S=S=S=S=S=S=S=S=S=S=S=S=S=S=S=S=S=S=S=S=S=S=S=S=S=S=S=S=S=S=S=S=S.[CH2-]CCC.[Li+]. The molecule has 0 bridgehead atoms. The zero-order valence-electron chi connectivity index (χ0n) is 69.8. The summed E-state index contributed by atoms with van der Waals surface area (Å²) in [6.07, 6.45) is 2.28. The van der Waals surface area contributed by atoms with Crippen LogP contribution in [0.2, 0.25) is 0 Å². The van der Waals surface area contributed by atoms with Gasteiger partial charge in [-0.1, -0.05) is 13.3 Å². The van der Waals surface area contributed by atoms with E-state index in [0.717, 1.165) is 6.42 Å². The van der Waals surface area contributed by atoms with Crippen molar-refractivity contribution in [3.05, 3.63) is 115 Å². The van der Waals surface area contributed by atoms with E-state index in [1.165, 1.54) is 138 Å². The van der Waals surface area contributed by atoms with Gasteiger partial charge in [0.1, 0.15) is 45.7 Å². The second kappa shape index (κ2) is 98.5. The minimum atomic E-state index is -6.06. The summed E-state index contributed by atoms with van der Waals surface area (Å²) in [5.41, 5.74) is -4.35. The number of ether oxygens (including phenoxy) is 4. The van der Waals surface area contributed by atoms with Crippen molar-refractivity contribution in [1.29, 1.82) is 0 Å². The maximum absolute atomic E-state index is 16.5. The van der Waals surface area contributed by atoms with Crippen LogP contribution in [-0.2, 0) is 742 Å². The van der Waals surface area contributed by atoms with Crippen LogP contribution < -0.4 is 37.8 Å². The fourth-order valence-electron chi connectivity index (χ4n) is 7.83. The maximum atomic E-state index is 16.5. The molecular formula is C46H35F14LiO6S83. The molecule has 2 heterocycles. The third-order valence-electron chi connectivity index (χ3n) is 12.8. The van der Waals surface area contributed by atoms with Gasteiger partial charge in [0.15, 0.2) is 0 Å². The van der Waals surface area contributed by atoms with Crippen molar-refractivity contribution in [1.82, 2.24) is 0 Å². The Balaban J connectivity index is 0.000000576. The van der Waals surface area contributed by atoms with Crippen LogP contribution in [0.25, 0.3) is 55.7 Å². The van der Waals surface area contributed by atoms with E-state index in [9.17, 15) is 35.1 Å². The molecule has 0 aliphatic heterocycles. The van der Waals surface area contributed by atoms with E-state index in [0.29, 0.717) is 11.5 Å². The van der Waals surface area contributed by atoms with Crippen molar-refractivity contribution in [2.75, 3.05) is 28.4 Å². The number of hydrogen-bond acceptors (Lipinski definition) is 8. The van der Waals surface area contributed by atoms with E-state index in [1.807, 2.05) is 595 Å². The Morgan fingerprint density at radius 2 is 0.387 bits per heavy atom. The Bertz CT molecular complexity index is 9840. The number of fused-ring (bicyclic) bond motifs is 2. The molecule has 0 unspecified atom stereocenters. The number of furan rings is 2. The van der Waals surface area contributed by atoms with Crippen LogP contribution in [0.15, 0.2) is 105 Å². The summed E-state index contributed by atoms with van der Waals surface area (Å²) in [5, 5.41) is -0.301. The first-order chi connectivity index (χ1) is 72.3. The molecule has 0 fully saturated rings. The molecule has 0 radical (unpaired) electrons. The molecule has 8 rings (SSSR count). The molecule has 0 spiro atoms. The topological polar surface area (TPSA) is 63.2 Å². The molecule has 6 aromatic rings. The number of methoxy groups -OCH3 is 4. The molecule has 0 saturated heterocycles. The van der Waals surface area contributed by atoms with Crippen molar-refractivity contribution in [3.63, 3.8) is 0 Å². The summed E-state index contributed by atoms with van der Waals surface area (Å²) in [4.78, 5) is 0. The molecule has 0 saturated carbocycles. The van der Waals surface area contributed by atoms with Crippen molar-refractivity contribution >= 4 is 775 Å². The normalized spacial score (nSPS) is 12.5. The third kappa shape index (κ3) is 62.6. The number of alkyl halides is 12. The van der Waals surface area contributed by atoms with Crippen LogP contribution in [-0.4, -0.2) is 64.0 Å². The maximum Gasteiger partial charge on any atom is 1.00 e. The summed E-state index contributed by atoms with van der Waals surface area (Å²) in [7, 11) is 152. The minimum Gasteiger partial charge on any atom is -0.497 e. The predicted molar refractivity (Wildman–Crippen MR) is 827 cm³/mol. The van der Waals surface area contributed by atoms with E-state index >= 15 is 26.3 Å². The Morgan fingerprint density at radius 3 is 0.520 bits per heavy atom. The fourth-order valence-corrected chi connectivity index (χ4v) is 225. The molecular weight excluding hydrogens is 3580 g/mol. The number of hydrogen-bond donors (Lipinski definition) is 0. The average Bonchev–Trinajstić information content (AvgIpc) is 1.51. The monoisotopic (exact) mass is 3610 g/mol. The summed E-state index contributed by atoms with van der Waals surface area (Å²) in [6.45, 7) is 5.72. The average molecular weight is 3620 g/mol. The van der Waals surface area contributed by atoms with Gasteiger partial charge in [0, 0.05) is 786 Å². The molecule has 6 nitrogen and oxygen atoms in total. The van der Waals surface area contributed by atoms with Crippen LogP contribution in [0.3, 0.4) is 0 Å². The van der Waals surface area contributed by atoms with Gasteiger partial charge in [0.25, 0.3) is 0 Å². The zero-order chi connectivity index (χ0) is 108. The summed E-state index contributed by atoms with van der Waals surface area (Å²) < 4.78 is 226. The number of rotatable bonds is 9. The van der Waals surface area contributed by atoms with Gasteiger partial charge in [-0.3, -0.25) is 0 Å². The molecule has 2 aromatic heterocycles. The van der Waals surface area contributed by atoms with Crippen molar-refractivity contribution in [3.8, 4) is 45.6 Å². The first kappa shape index (κ1) is 155. The van der Waals surface area contributed by atoms with Crippen LogP contribution >= 0.6 is 0 Å². The van der Waals surface area contributed by atoms with Crippen molar-refractivity contribution in [2.24, 2.45) is 0 Å². The van der Waals surface area contributed by atoms with Crippen LogP contribution in [0.1, 0.15) is 30.9 Å². The molecule has 0 amide bonds. The second-order valence-electron chi connectivity index (χ2n) is 20.0. The summed E-state index contributed by atoms with van der Waals surface area (Å²) in [5.74, 6) is -40.8. The van der Waals surface area contributed by atoms with Crippen LogP contribution in [0.4, 0.5) is 61.5 Å². The Hall–Kier alpha value is 12.5. The largest absolute Gasteiger partial charge is 1.00 e. The molecule has 4 aromatic carbocycles. The first-order valence-electron chi connectivity index (χ1n) is 32.9. The van der Waals surface area contributed by atoms with Gasteiger partial charge in [-0.05, 0) is 84.9 Å². The van der Waals surface area contributed by atoms with Gasteiger partial charge in [0.2, 0.25) is 11.7 Å². The minimum absolute atomic E-state index is 0. The van der Waals surface area contributed by atoms with Gasteiger partial charge < -0.3 is 34.7 Å². The smallest absolute Gasteiger partial charge is 0.497 e. The first-order valence-corrected chi connectivity index (χ1v) is 142. The standard InChI is InChI=1S/C37H26F6O6.C5F8.C4H9.Li.S83/c1-44-21-9-5-19(6-10-21)33-29(25-17-23(46-3)13-15-27(25)48-33)31-32(36(40,41)37(42,43)35(31,38)39)30-26-18-24(47-4)14-16-28(26)49-34(30)20-7-11-22(45-2)12-8-20;6-1-2(7)4(10,11)5(12,13)3(1,8)9;1-3-4-2;;1-3-5-7-9-11-13-15-17-19-21-23-25-27-29-31-33-35-37-39-41-43-45-47-49-51-53-55-57-59-61-63-65-67-69-71-73-75-77-79-81-83-82-80-78-76-74-72-70-68-66-64-62-60-58-56-54-52-50-48-46-44-42-40-38-36-34-32-30-28-26-24-22-20-18-16-14-12-10-8-6-4-2/h5-18H,1-4H3;;1,3-4H2,2H3;;/q;;-1;+1;. The molecule has 2 aliphatic rings. The van der Waals surface area contributed by atoms with Gasteiger partial charge >= 0.3 is 54.4 Å². The van der Waals surface area contributed by atoms with E-state index in [-0.39, 0.29) is 74.9 Å². The Kier molecular flexibility index (Phi) is 102. The Labute approximate surface area is 1100 Å². The molecule has 2 aliphatic carbocycles. The zero-order valence-corrected chi connectivity index (χ0v) is 138. The van der Waals surface area contributed by atoms with Gasteiger partial charge in [-0.25, -0.2) is 8.78 Å². The second-order valence-corrected chi connectivity index (χ2v) is 163. The van der Waals surface area contributed by atoms with Gasteiger partial charge in [-0.2, -0.15) is 59.1 Å². The molecule has 0 atom stereocenters. The van der Waals surface area contributed by atoms with E-state index in [2.05, 4.69) is 13.8 Å². The fraction of sp³-hybridized carbons (Fsp3) is 0.283. The van der Waals surface area contributed by atoms with E-state index in [1.54, 1.807) is 107 Å². The number of benzene rings is 4. The Morgan fingerprint density at radius 1 is 0.240 bits per heavy atom. The van der Waals surface area contributed by atoms with E-state index in [4.69, 9.17) is 50.2 Å². The molecule has 150 heavy (non-hydrogen) atoms. The molecule has 0 N–H and O–H groups in total. The molecule has 104 heteroatoms. The molecule has 852 valence electrons. The van der Waals surface area contributed by atoms with Gasteiger partial charge in [0.05, 0.1) is 28.4 Å². The van der Waals surface area contributed by atoms with Crippen LogP contribution in [0.5, 0.6) is 23.0 Å². The number of unbranched alkanes of at least 4 members (excludes halogenated alkanes) is 1. The third-order valence-corrected chi connectivity index (χ3v) is 191. The number of allylic oxidation sites excluding steroid dienone is 4. The summed E-state index contributed by atoms with van der Waals surface area (Å²) in [6, 6.07) is 20.0. The summed E-state index contributed by atoms with van der Waals surface area (Å²) >= 11 is 9.65. The number of halogens is 14. The van der Waals surface area contributed by atoms with Gasteiger partial charge in [-0.15, -0.1) is 0 Å². The van der Waals surface area contributed by atoms with Crippen molar-refractivity contribution in [2.45, 2.75) is 55.3 Å².